The van der Waals surface area contributed by atoms with Crippen molar-refractivity contribution in [3.63, 3.8) is 0 Å². The SMILES string of the molecule is c1ccc(-c2nc(-c3ccccc3)nc(-c3ccc4c(c3)sc3cc(-c5ncnc6c5sc5ccccc56)ccc34)n2)cc1. The van der Waals surface area contributed by atoms with Crippen LogP contribution in [0.5, 0.6) is 0 Å². The lowest BCUT2D eigenvalue weighted by Gasteiger charge is -2.08. The van der Waals surface area contributed by atoms with Crippen LogP contribution in [-0.2, 0) is 0 Å². The van der Waals surface area contributed by atoms with Crippen molar-refractivity contribution in [3.8, 4) is 45.4 Å². The Kier molecular flexibility index (Phi) is 5.79. The van der Waals surface area contributed by atoms with Gasteiger partial charge in [-0.05, 0) is 18.2 Å². The molecular weight excluding hydrogens is 579 g/mol. The molecule has 0 aliphatic heterocycles. The lowest BCUT2D eigenvalue weighted by molar-refractivity contribution is 1.07. The molecule has 0 amide bonds. The Labute approximate surface area is 260 Å². The highest BCUT2D eigenvalue weighted by molar-refractivity contribution is 7.26. The molecule has 0 aliphatic rings. The van der Waals surface area contributed by atoms with E-state index in [0.29, 0.717) is 17.5 Å². The van der Waals surface area contributed by atoms with Crippen LogP contribution in [0.25, 0.3) is 85.9 Å². The molecule has 44 heavy (non-hydrogen) atoms. The van der Waals surface area contributed by atoms with Gasteiger partial charge in [-0.25, -0.2) is 24.9 Å². The lowest BCUT2D eigenvalue weighted by atomic mass is 10.1. The third-order valence-electron chi connectivity index (χ3n) is 7.86. The number of thiophene rings is 2. The Hall–Kier alpha value is -5.37. The molecule has 0 bridgehead atoms. The predicted molar refractivity (Wildman–Crippen MR) is 183 cm³/mol. The van der Waals surface area contributed by atoms with E-state index in [1.807, 2.05) is 60.7 Å². The van der Waals surface area contributed by atoms with E-state index in [9.17, 15) is 0 Å². The van der Waals surface area contributed by atoms with Gasteiger partial charge < -0.3 is 0 Å². The van der Waals surface area contributed by atoms with Gasteiger partial charge in [0.25, 0.3) is 0 Å². The number of rotatable bonds is 4. The van der Waals surface area contributed by atoms with Crippen molar-refractivity contribution in [2.45, 2.75) is 0 Å². The van der Waals surface area contributed by atoms with Gasteiger partial charge in [-0.1, -0.05) is 103 Å². The lowest BCUT2D eigenvalue weighted by Crippen LogP contribution is -1.99. The van der Waals surface area contributed by atoms with E-state index in [4.69, 9.17) is 19.9 Å². The first-order valence-corrected chi connectivity index (χ1v) is 15.9. The van der Waals surface area contributed by atoms with Crippen LogP contribution in [0.3, 0.4) is 0 Å². The number of hydrogen-bond donors (Lipinski definition) is 0. The average molecular weight is 600 g/mol. The summed E-state index contributed by atoms with van der Waals surface area (Å²) in [5, 5.41) is 3.62. The summed E-state index contributed by atoms with van der Waals surface area (Å²) in [5.41, 5.74) is 5.97. The van der Waals surface area contributed by atoms with Gasteiger partial charge in [0.1, 0.15) is 6.33 Å². The molecule has 0 aliphatic carbocycles. The van der Waals surface area contributed by atoms with Gasteiger partial charge >= 0.3 is 0 Å². The summed E-state index contributed by atoms with van der Waals surface area (Å²) in [4.78, 5) is 24.1. The fourth-order valence-electron chi connectivity index (χ4n) is 5.73. The summed E-state index contributed by atoms with van der Waals surface area (Å²) in [6.07, 6.45) is 1.68. The molecule has 0 radical (unpaired) electrons. The minimum atomic E-state index is 0.658. The van der Waals surface area contributed by atoms with Gasteiger partial charge in [0.05, 0.1) is 15.9 Å². The third-order valence-corrected chi connectivity index (χ3v) is 10.1. The number of benzene rings is 5. The summed E-state index contributed by atoms with van der Waals surface area (Å²) in [5.74, 6) is 1.98. The molecule has 0 N–H and O–H groups in total. The topological polar surface area (TPSA) is 64.5 Å². The first-order valence-electron chi connectivity index (χ1n) is 14.2. The van der Waals surface area contributed by atoms with Crippen LogP contribution in [0, 0.1) is 0 Å². The molecule has 0 saturated carbocycles. The molecule has 5 nitrogen and oxygen atoms in total. The van der Waals surface area contributed by atoms with Crippen molar-refractivity contribution >= 4 is 63.1 Å². The minimum absolute atomic E-state index is 0.658. The first-order chi connectivity index (χ1) is 21.8. The van der Waals surface area contributed by atoms with Gasteiger partial charge in [0.15, 0.2) is 17.5 Å². The smallest absolute Gasteiger partial charge is 0.164 e. The number of fused-ring (bicyclic) bond motifs is 6. The van der Waals surface area contributed by atoms with Gasteiger partial charge in [0.2, 0.25) is 0 Å². The molecule has 0 fully saturated rings. The monoisotopic (exact) mass is 599 g/mol. The van der Waals surface area contributed by atoms with Crippen LogP contribution < -0.4 is 0 Å². The van der Waals surface area contributed by atoms with E-state index in [2.05, 4.69) is 65.6 Å². The Balaban J connectivity index is 1.17. The Morgan fingerprint density at radius 1 is 0.409 bits per heavy atom. The van der Waals surface area contributed by atoms with E-state index < -0.39 is 0 Å². The van der Waals surface area contributed by atoms with E-state index >= 15 is 0 Å². The summed E-state index contributed by atoms with van der Waals surface area (Å²) in [6, 6.07) is 41.7. The van der Waals surface area contributed by atoms with Crippen molar-refractivity contribution in [1.29, 1.82) is 0 Å². The molecule has 4 heterocycles. The zero-order chi connectivity index (χ0) is 29.0. The zero-order valence-corrected chi connectivity index (χ0v) is 24.8. The van der Waals surface area contributed by atoms with Gasteiger partial charge in [-0.2, -0.15) is 0 Å². The largest absolute Gasteiger partial charge is 0.235 e. The van der Waals surface area contributed by atoms with Crippen molar-refractivity contribution < 1.29 is 0 Å². The summed E-state index contributed by atoms with van der Waals surface area (Å²) < 4.78 is 4.75. The average Bonchev–Trinajstić information content (AvgIpc) is 3.66. The maximum atomic E-state index is 4.93. The number of nitrogens with zero attached hydrogens (tertiary/aromatic N) is 5. The molecule has 5 aromatic carbocycles. The Morgan fingerprint density at radius 3 is 1.66 bits per heavy atom. The number of hydrogen-bond acceptors (Lipinski definition) is 7. The second-order valence-corrected chi connectivity index (χ2v) is 12.7. The van der Waals surface area contributed by atoms with E-state index in [1.54, 1.807) is 29.0 Å². The molecule has 206 valence electrons. The van der Waals surface area contributed by atoms with Crippen LogP contribution >= 0.6 is 22.7 Å². The molecule has 0 saturated heterocycles. The summed E-state index contributed by atoms with van der Waals surface area (Å²) in [6.45, 7) is 0. The highest BCUT2D eigenvalue weighted by Crippen LogP contribution is 2.41. The molecular formula is C37H21N5S2. The Bertz CT molecular complexity index is 2440. The predicted octanol–water partition coefficient (Wildman–Crippen LogP) is 10.1. The maximum absolute atomic E-state index is 4.93. The second-order valence-electron chi connectivity index (χ2n) is 10.6. The van der Waals surface area contributed by atoms with Crippen molar-refractivity contribution in [2.24, 2.45) is 0 Å². The van der Waals surface area contributed by atoms with Crippen LogP contribution in [0.15, 0.2) is 128 Å². The molecule has 9 rings (SSSR count). The molecule has 7 heteroatoms. The highest BCUT2D eigenvalue weighted by Gasteiger charge is 2.16. The fourth-order valence-corrected chi connectivity index (χ4v) is 8.08. The molecule has 0 spiro atoms. The minimum Gasteiger partial charge on any atom is -0.235 e. The fraction of sp³-hybridized carbons (Fsp3) is 0. The normalized spacial score (nSPS) is 11.6. The van der Waals surface area contributed by atoms with Gasteiger partial charge in [-0.3, -0.25) is 0 Å². The van der Waals surface area contributed by atoms with Crippen LogP contribution in [0.2, 0.25) is 0 Å². The van der Waals surface area contributed by atoms with Gasteiger partial charge in [0, 0.05) is 52.5 Å². The summed E-state index contributed by atoms with van der Waals surface area (Å²) >= 11 is 3.53. The first kappa shape index (κ1) is 25.2. The van der Waals surface area contributed by atoms with Crippen molar-refractivity contribution in [2.75, 3.05) is 0 Å². The quantitative estimate of drug-likeness (QED) is 0.201. The third kappa shape index (κ3) is 4.17. The Morgan fingerprint density at radius 2 is 0.977 bits per heavy atom. The van der Waals surface area contributed by atoms with Crippen LogP contribution in [-0.4, -0.2) is 24.9 Å². The second kappa shape index (κ2) is 10.1. The number of aromatic nitrogens is 5. The standard InChI is InChI=1S/C37H21N5S2/c1-3-9-22(10-4-1)35-40-36(23-11-5-2-6-12-23)42-37(41-35)25-16-18-27-26-17-15-24(19-30(26)43-31(27)20-25)32-34-33(39-21-38-32)28-13-7-8-14-29(28)44-34/h1-21H. The van der Waals surface area contributed by atoms with E-state index in [0.717, 1.165) is 38.2 Å². The molecule has 4 aromatic heterocycles. The van der Waals surface area contributed by atoms with Gasteiger partial charge in [-0.15, -0.1) is 22.7 Å². The van der Waals surface area contributed by atoms with E-state index in [-0.39, 0.29) is 0 Å². The van der Waals surface area contributed by atoms with E-state index in [1.165, 1.54) is 30.3 Å². The van der Waals surface area contributed by atoms with Crippen molar-refractivity contribution in [3.05, 3.63) is 128 Å². The molecule has 0 atom stereocenters. The summed E-state index contributed by atoms with van der Waals surface area (Å²) in [7, 11) is 0. The van der Waals surface area contributed by atoms with Crippen LogP contribution in [0.4, 0.5) is 0 Å². The molecule has 0 unspecified atom stereocenters. The maximum Gasteiger partial charge on any atom is 0.164 e. The zero-order valence-electron chi connectivity index (χ0n) is 23.2. The van der Waals surface area contributed by atoms with Crippen LogP contribution in [0.1, 0.15) is 0 Å². The van der Waals surface area contributed by atoms with Crippen molar-refractivity contribution in [1.82, 2.24) is 24.9 Å². The molecule has 9 aromatic rings. The highest BCUT2D eigenvalue weighted by atomic mass is 32.1.